The molecule has 27 heavy (non-hydrogen) atoms. The summed E-state index contributed by atoms with van der Waals surface area (Å²) in [7, 11) is 0. The molecule has 6 nitrogen and oxygen atoms in total. The third-order valence-corrected chi connectivity index (χ3v) is 5.65. The minimum absolute atomic E-state index is 0.485. The van der Waals surface area contributed by atoms with Gasteiger partial charge in [-0.25, -0.2) is 0 Å². The molecule has 2 aromatic heterocycles. The fraction of sp³-hybridized carbons (Fsp3) is 0.286. The van der Waals surface area contributed by atoms with Crippen molar-refractivity contribution in [3.8, 4) is 11.3 Å². The predicted octanol–water partition coefficient (Wildman–Crippen LogP) is 2.98. The Hall–Kier alpha value is -3.15. The van der Waals surface area contributed by atoms with Crippen molar-refractivity contribution in [3.05, 3.63) is 60.9 Å². The average Bonchev–Trinajstić information content (AvgIpc) is 2.99. The van der Waals surface area contributed by atoms with E-state index in [0.29, 0.717) is 17.9 Å². The number of hydrogen-bond donors (Lipinski definition) is 1. The van der Waals surface area contributed by atoms with Gasteiger partial charge in [0, 0.05) is 48.8 Å². The van der Waals surface area contributed by atoms with Crippen molar-refractivity contribution in [1.82, 2.24) is 15.2 Å². The maximum absolute atomic E-state index is 6.22. The Morgan fingerprint density at radius 1 is 0.889 bits per heavy atom. The van der Waals surface area contributed by atoms with Gasteiger partial charge in [0.1, 0.15) is 0 Å². The van der Waals surface area contributed by atoms with E-state index in [1.807, 2.05) is 30.6 Å². The molecule has 2 bridgehead atoms. The first-order valence-corrected chi connectivity index (χ1v) is 9.41. The summed E-state index contributed by atoms with van der Waals surface area (Å²) in [4.78, 5) is 9.10. The second-order valence-corrected chi connectivity index (χ2v) is 7.27. The van der Waals surface area contributed by atoms with E-state index in [0.717, 1.165) is 30.0 Å². The molecule has 5 rings (SSSR count). The molecule has 6 heteroatoms. The van der Waals surface area contributed by atoms with Crippen LogP contribution < -0.4 is 15.5 Å². The summed E-state index contributed by atoms with van der Waals surface area (Å²) in [6.45, 7) is 1.89. The normalized spacial score (nSPS) is 21.5. The van der Waals surface area contributed by atoms with Crippen LogP contribution in [0.3, 0.4) is 0 Å². The first kappa shape index (κ1) is 16.1. The molecule has 136 valence electrons. The summed E-state index contributed by atoms with van der Waals surface area (Å²) in [5, 5.41) is 8.54. The standard InChI is InChI=1S/C21H22N6/c22-21-20(12-19(24-25-21)15-4-2-1-3-5-15)26-13-17-6-7-18(14-26)27(17)16-8-10-23-11-9-16/h1-5,8-12,17-18H,6-7,13-14H2,(H2,22,25). The molecule has 2 aliphatic rings. The smallest absolute Gasteiger partial charge is 0.169 e. The van der Waals surface area contributed by atoms with Gasteiger partial charge in [-0.15, -0.1) is 10.2 Å². The van der Waals surface area contributed by atoms with Crippen LogP contribution in [0.2, 0.25) is 0 Å². The minimum atomic E-state index is 0.485. The Bertz CT molecular complexity index is 916. The zero-order valence-corrected chi connectivity index (χ0v) is 15.1. The molecule has 0 saturated carbocycles. The summed E-state index contributed by atoms with van der Waals surface area (Å²) in [6, 6.07) is 17.4. The van der Waals surface area contributed by atoms with Crippen LogP contribution in [0.5, 0.6) is 0 Å². The molecular weight excluding hydrogens is 336 g/mol. The Morgan fingerprint density at radius 2 is 1.59 bits per heavy atom. The minimum Gasteiger partial charge on any atom is -0.380 e. The molecule has 2 unspecified atom stereocenters. The van der Waals surface area contributed by atoms with E-state index >= 15 is 0 Å². The van der Waals surface area contributed by atoms with Crippen molar-refractivity contribution in [3.63, 3.8) is 0 Å². The molecule has 4 heterocycles. The Labute approximate surface area is 158 Å². The van der Waals surface area contributed by atoms with E-state index in [1.54, 1.807) is 0 Å². The number of anilines is 3. The van der Waals surface area contributed by atoms with Crippen LogP contribution in [-0.2, 0) is 0 Å². The van der Waals surface area contributed by atoms with E-state index < -0.39 is 0 Å². The number of aromatic nitrogens is 3. The summed E-state index contributed by atoms with van der Waals surface area (Å²) < 4.78 is 0. The summed E-state index contributed by atoms with van der Waals surface area (Å²) in [5.41, 5.74) is 10.4. The molecule has 2 aliphatic heterocycles. The third-order valence-electron chi connectivity index (χ3n) is 5.65. The van der Waals surface area contributed by atoms with Gasteiger partial charge >= 0.3 is 0 Å². The maximum atomic E-state index is 6.22. The van der Waals surface area contributed by atoms with Gasteiger partial charge in [0.2, 0.25) is 0 Å². The first-order chi connectivity index (χ1) is 13.3. The molecule has 1 aromatic carbocycles. The lowest BCUT2D eigenvalue weighted by molar-refractivity contribution is 0.534. The van der Waals surface area contributed by atoms with Crippen LogP contribution in [0.4, 0.5) is 17.2 Å². The molecule has 2 saturated heterocycles. The van der Waals surface area contributed by atoms with Crippen LogP contribution >= 0.6 is 0 Å². The molecule has 3 aromatic rings. The van der Waals surface area contributed by atoms with E-state index in [-0.39, 0.29) is 0 Å². The van der Waals surface area contributed by atoms with Gasteiger partial charge in [0.15, 0.2) is 5.82 Å². The zero-order chi connectivity index (χ0) is 18.2. The topological polar surface area (TPSA) is 71.2 Å². The molecule has 0 amide bonds. The van der Waals surface area contributed by atoms with Crippen molar-refractivity contribution in [2.45, 2.75) is 24.9 Å². The number of pyridine rings is 1. The van der Waals surface area contributed by atoms with Gasteiger partial charge < -0.3 is 15.5 Å². The highest BCUT2D eigenvalue weighted by Gasteiger charge is 2.40. The number of fused-ring (bicyclic) bond motifs is 2. The van der Waals surface area contributed by atoms with Gasteiger partial charge in [0.05, 0.1) is 11.4 Å². The molecule has 2 fully saturated rings. The van der Waals surface area contributed by atoms with E-state index in [1.165, 1.54) is 18.5 Å². The number of hydrogen-bond acceptors (Lipinski definition) is 6. The maximum Gasteiger partial charge on any atom is 0.169 e. The number of nitrogens with two attached hydrogens (primary N) is 1. The molecule has 0 radical (unpaired) electrons. The Balaban J connectivity index is 1.44. The van der Waals surface area contributed by atoms with E-state index in [2.05, 4.69) is 55.3 Å². The second-order valence-electron chi connectivity index (χ2n) is 7.27. The SMILES string of the molecule is Nc1nnc(-c2ccccc2)cc1N1CC2CCC(C1)N2c1ccncc1. The summed E-state index contributed by atoms with van der Waals surface area (Å²) in [6.07, 6.45) is 6.15. The number of benzene rings is 1. The molecule has 2 N–H and O–H groups in total. The van der Waals surface area contributed by atoms with Gasteiger partial charge in [-0.05, 0) is 31.0 Å². The Kier molecular flexibility index (Phi) is 3.89. The highest BCUT2D eigenvalue weighted by atomic mass is 15.3. The van der Waals surface area contributed by atoms with Crippen LogP contribution in [0.25, 0.3) is 11.3 Å². The molecular formula is C21H22N6. The van der Waals surface area contributed by atoms with E-state index in [9.17, 15) is 0 Å². The van der Waals surface area contributed by atoms with Gasteiger partial charge in [-0.1, -0.05) is 30.3 Å². The Morgan fingerprint density at radius 3 is 2.30 bits per heavy atom. The highest BCUT2D eigenvalue weighted by molar-refractivity contribution is 5.71. The fourth-order valence-electron chi connectivity index (χ4n) is 4.43. The van der Waals surface area contributed by atoms with Crippen LogP contribution in [0, 0.1) is 0 Å². The van der Waals surface area contributed by atoms with Crippen molar-refractivity contribution in [2.24, 2.45) is 0 Å². The lowest BCUT2D eigenvalue weighted by atomic mass is 10.1. The number of piperazine rings is 1. The van der Waals surface area contributed by atoms with E-state index in [4.69, 9.17) is 5.73 Å². The number of rotatable bonds is 3. The summed E-state index contributed by atoms with van der Waals surface area (Å²) in [5.74, 6) is 0.506. The lowest BCUT2D eigenvalue weighted by Crippen LogP contribution is -2.54. The molecule has 0 aliphatic carbocycles. The lowest BCUT2D eigenvalue weighted by Gasteiger charge is -2.43. The van der Waals surface area contributed by atoms with Crippen molar-refractivity contribution in [1.29, 1.82) is 0 Å². The quantitative estimate of drug-likeness (QED) is 0.776. The number of nitrogen functional groups attached to an aromatic ring is 1. The first-order valence-electron chi connectivity index (χ1n) is 9.41. The molecule has 2 atom stereocenters. The zero-order valence-electron chi connectivity index (χ0n) is 15.1. The second kappa shape index (κ2) is 6.54. The summed E-state index contributed by atoms with van der Waals surface area (Å²) >= 11 is 0. The fourth-order valence-corrected chi connectivity index (χ4v) is 4.43. The van der Waals surface area contributed by atoms with Gasteiger partial charge in [0.25, 0.3) is 0 Å². The van der Waals surface area contributed by atoms with Gasteiger partial charge in [-0.2, -0.15) is 0 Å². The highest BCUT2D eigenvalue weighted by Crippen LogP contribution is 2.37. The van der Waals surface area contributed by atoms with Crippen molar-refractivity contribution in [2.75, 3.05) is 28.6 Å². The van der Waals surface area contributed by atoms with Gasteiger partial charge in [-0.3, -0.25) is 4.98 Å². The van der Waals surface area contributed by atoms with Crippen LogP contribution in [0.15, 0.2) is 60.9 Å². The monoisotopic (exact) mass is 358 g/mol. The average molecular weight is 358 g/mol. The predicted molar refractivity (Wildman–Crippen MR) is 108 cm³/mol. The van der Waals surface area contributed by atoms with Crippen molar-refractivity contribution >= 4 is 17.2 Å². The van der Waals surface area contributed by atoms with Crippen LogP contribution in [0.1, 0.15) is 12.8 Å². The largest absolute Gasteiger partial charge is 0.380 e. The van der Waals surface area contributed by atoms with Crippen molar-refractivity contribution < 1.29 is 0 Å². The molecule has 0 spiro atoms. The third kappa shape index (κ3) is 2.87. The number of nitrogens with zero attached hydrogens (tertiary/aromatic N) is 5. The van der Waals surface area contributed by atoms with Crippen LogP contribution in [-0.4, -0.2) is 40.4 Å².